The topological polar surface area (TPSA) is 137 Å². The van der Waals surface area contributed by atoms with E-state index in [-0.39, 0.29) is 29.4 Å². The van der Waals surface area contributed by atoms with Gasteiger partial charge in [-0.25, -0.2) is 19.2 Å². The predicted molar refractivity (Wildman–Crippen MR) is 157 cm³/mol. The molecule has 0 aliphatic carbocycles. The molecule has 3 aromatic heterocycles. The minimum atomic E-state index is -1.11. The number of benzene rings is 2. The number of aromatic carboxylic acids is 1. The van der Waals surface area contributed by atoms with E-state index in [1.807, 2.05) is 22.8 Å². The van der Waals surface area contributed by atoms with Gasteiger partial charge in [0.15, 0.2) is 0 Å². The number of piperidine rings is 1. The van der Waals surface area contributed by atoms with Crippen LogP contribution in [0.5, 0.6) is 11.6 Å². The number of phenolic OH excluding ortho intramolecular Hbond substituents is 1. The lowest BCUT2D eigenvalue weighted by Crippen LogP contribution is -2.33. The summed E-state index contributed by atoms with van der Waals surface area (Å²) in [5.74, 6) is -0.376. The fourth-order valence-corrected chi connectivity index (χ4v) is 5.94. The van der Waals surface area contributed by atoms with Gasteiger partial charge in [-0.2, -0.15) is 5.26 Å². The Morgan fingerprint density at radius 1 is 1.14 bits per heavy atom. The third-order valence-corrected chi connectivity index (χ3v) is 8.40. The van der Waals surface area contributed by atoms with Crippen molar-refractivity contribution in [3.05, 3.63) is 99.1 Å². The number of imidazole rings is 1. The maximum Gasteiger partial charge on any atom is 0.335 e. The van der Waals surface area contributed by atoms with Crippen molar-refractivity contribution in [1.29, 1.82) is 5.26 Å². The first-order valence-corrected chi connectivity index (χ1v) is 14.6. The molecular formula is C31H27FN6O4S. The molecule has 4 heterocycles. The van der Waals surface area contributed by atoms with E-state index in [0.717, 1.165) is 42.3 Å². The molecule has 1 fully saturated rings. The summed E-state index contributed by atoms with van der Waals surface area (Å²) in [5.41, 5.74) is 4.23. The van der Waals surface area contributed by atoms with E-state index >= 15 is 0 Å². The van der Waals surface area contributed by atoms with Gasteiger partial charge in [0, 0.05) is 34.3 Å². The van der Waals surface area contributed by atoms with Crippen LogP contribution in [0.25, 0.3) is 11.0 Å². The highest BCUT2D eigenvalue weighted by atomic mass is 32.1. The standard InChI is InChI=1S/C31H27FN6O4S/c32-24-10-19(13-33)4-5-21(24)17-42-29-3-1-2-25(35-29)20-6-8-37(9-7-20)16-28-36-30-26(11-22(31(40)41)12-27(30)39)38(28)15-23-14-34-18-43-23/h1-5,10-12,14,18,20,39H,6-9,15-17H2,(H,40,41). The first-order valence-electron chi connectivity index (χ1n) is 13.7. The van der Waals surface area contributed by atoms with E-state index in [2.05, 4.69) is 14.9 Å². The summed E-state index contributed by atoms with van der Waals surface area (Å²) in [6.07, 6.45) is 3.51. The number of halogens is 1. The van der Waals surface area contributed by atoms with Crippen molar-refractivity contribution >= 4 is 28.3 Å². The molecule has 10 nitrogen and oxygen atoms in total. The summed E-state index contributed by atoms with van der Waals surface area (Å²) in [5, 5.41) is 29.1. The minimum absolute atomic E-state index is 0.00330. The van der Waals surface area contributed by atoms with Crippen molar-refractivity contribution in [2.45, 2.75) is 38.5 Å². The van der Waals surface area contributed by atoms with Crippen LogP contribution in [-0.4, -0.2) is 53.7 Å². The number of carbonyl (C=O) groups is 1. The molecule has 2 N–H and O–H groups in total. The molecule has 2 aromatic carbocycles. The fourth-order valence-electron chi connectivity index (χ4n) is 5.36. The van der Waals surface area contributed by atoms with Crippen molar-refractivity contribution in [1.82, 2.24) is 24.4 Å². The molecule has 1 aliphatic rings. The van der Waals surface area contributed by atoms with E-state index in [1.54, 1.807) is 36.0 Å². The van der Waals surface area contributed by atoms with Gasteiger partial charge in [-0.15, -0.1) is 11.3 Å². The number of aromatic nitrogens is 4. The lowest BCUT2D eigenvalue weighted by molar-refractivity contribution is 0.0696. The molecule has 0 saturated carbocycles. The summed E-state index contributed by atoms with van der Waals surface area (Å²) in [4.78, 5) is 28.5. The Balaban J connectivity index is 1.14. The summed E-state index contributed by atoms with van der Waals surface area (Å²) >= 11 is 1.50. The van der Waals surface area contributed by atoms with Gasteiger partial charge in [0.25, 0.3) is 0 Å². The molecule has 5 aromatic rings. The van der Waals surface area contributed by atoms with Gasteiger partial charge in [-0.05, 0) is 56.3 Å². The van der Waals surface area contributed by atoms with E-state index in [9.17, 15) is 19.4 Å². The number of hydrogen-bond donors (Lipinski definition) is 2. The van der Waals surface area contributed by atoms with Gasteiger partial charge in [0.2, 0.25) is 5.88 Å². The van der Waals surface area contributed by atoms with Crippen LogP contribution in [0.4, 0.5) is 4.39 Å². The molecule has 12 heteroatoms. The highest BCUT2D eigenvalue weighted by Crippen LogP contribution is 2.32. The van der Waals surface area contributed by atoms with Crippen molar-refractivity contribution in [3.8, 4) is 17.7 Å². The summed E-state index contributed by atoms with van der Waals surface area (Å²) in [6.45, 7) is 2.61. The maximum atomic E-state index is 14.3. The molecule has 43 heavy (non-hydrogen) atoms. The lowest BCUT2D eigenvalue weighted by Gasteiger charge is -2.31. The van der Waals surface area contributed by atoms with E-state index in [0.29, 0.717) is 35.6 Å². The zero-order valence-corrected chi connectivity index (χ0v) is 23.8. The molecule has 0 atom stereocenters. The van der Waals surface area contributed by atoms with Crippen LogP contribution in [0.15, 0.2) is 60.2 Å². The summed E-state index contributed by atoms with van der Waals surface area (Å²) in [6, 6.07) is 14.6. The Bertz CT molecular complexity index is 1830. The average molecular weight is 599 g/mol. The first kappa shape index (κ1) is 28.3. The predicted octanol–water partition coefficient (Wildman–Crippen LogP) is 5.31. The number of thiazole rings is 1. The van der Waals surface area contributed by atoms with Crippen LogP contribution in [0.1, 0.15) is 56.6 Å². The van der Waals surface area contributed by atoms with Gasteiger partial charge in [0.1, 0.15) is 29.5 Å². The molecule has 0 amide bonds. The molecule has 0 bridgehead atoms. The van der Waals surface area contributed by atoms with Gasteiger partial charge in [0.05, 0.1) is 41.3 Å². The number of aromatic hydroxyl groups is 1. The van der Waals surface area contributed by atoms with E-state index in [4.69, 9.17) is 15.0 Å². The number of hydrogen-bond acceptors (Lipinski definition) is 9. The van der Waals surface area contributed by atoms with Crippen molar-refractivity contribution in [3.63, 3.8) is 0 Å². The summed E-state index contributed by atoms with van der Waals surface area (Å²) < 4.78 is 22.0. The van der Waals surface area contributed by atoms with Gasteiger partial charge in [-0.1, -0.05) is 12.1 Å². The van der Waals surface area contributed by atoms with Gasteiger partial charge < -0.3 is 19.5 Å². The minimum Gasteiger partial charge on any atom is -0.506 e. The number of pyridine rings is 1. The molecule has 1 aliphatic heterocycles. The quantitative estimate of drug-likeness (QED) is 0.231. The normalized spacial score (nSPS) is 14.1. The Morgan fingerprint density at radius 2 is 1.98 bits per heavy atom. The lowest BCUT2D eigenvalue weighted by atomic mass is 9.93. The van der Waals surface area contributed by atoms with Crippen LogP contribution in [-0.2, 0) is 19.7 Å². The molecule has 0 radical (unpaired) electrons. The number of carboxylic acid groups (broad SMARTS) is 1. The largest absolute Gasteiger partial charge is 0.506 e. The number of nitrogens with zero attached hydrogens (tertiary/aromatic N) is 6. The highest BCUT2D eigenvalue weighted by molar-refractivity contribution is 7.09. The average Bonchev–Trinajstić information content (AvgIpc) is 3.65. The number of ether oxygens (including phenoxy) is 1. The monoisotopic (exact) mass is 598 g/mol. The van der Waals surface area contributed by atoms with Crippen LogP contribution in [0.2, 0.25) is 0 Å². The zero-order valence-electron chi connectivity index (χ0n) is 23.0. The van der Waals surface area contributed by atoms with Crippen LogP contribution in [0, 0.1) is 17.1 Å². The SMILES string of the molecule is N#Cc1ccc(COc2cccc(C3CCN(Cc4nc5c(O)cc(C(=O)O)cc5n4Cc4cncs4)CC3)n2)c(F)c1. The Labute approximate surface area is 250 Å². The van der Waals surface area contributed by atoms with Crippen molar-refractivity contribution in [2.24, 2.45) is 0 Å². The van der Waals surface area contributed by atoms with Crippen molar-refractivity contribution < 1.29 is 24.1 Å². The highest BCUT2D eigenvalue weighted by Gasteiger charge is 2.25. The summed E-state index contributed by atoms with van der Waals surface area (Å²) in [7, 11) is 0. The molecule has 1 saturated heterocycles. The third-order valence-electron chi connectivity index (χ3n) is 7.63. The van der Waals surface area contributed by atoms with Crippen LogP contribution >= 0.6 is 11.3 Å². The zero-order chi connectivity index (χ0) is 29.9. The number of fused-ring (bicyclic) bond motifs is 1. The Kier molecular flexibility index (Phi) is 8.00. The van der Waals surface area contributed by atoms with Gasteiger partial charge >= 0.3 is 5.97 Å². The number of phenols is 1. The van der Waals surface area contributed by atoms with Crippen LogP contribution in [0.3, 0.4) is 0 Å². The second kappa shape index (κ2) is 12.2. The van der Waals surface area contributed by atoms with Gasteiger partial charge in [-0.3, -0.25) is 9.88 Å². The second-order valence-electron chi connectivity index (χ2n) is 10.4. The third kappa shape index (κ3) is 6.18. The second-order valence-corrected chi connectivity index (χ2v) is 11.4. The van der Waals surface area contributed by atoms with E-state index < -0.39 is 11.8 Å². The van der Waals surface area contributed by atoms with Crippen LogP contribution < -0.4 is 4.74 Å². The number of nitriles is 1. The molecular weight excluding hydrogens is 571 g/mol. The molecule has 0 spiro atoms. The number of likely N-dealkylation sites (tertiary alicyclic amines) is 1. The Hall–Kier alpha value is -4.86. The number of rotatable bonds is 9. The smallest absolute Gasteiger partial charge is 0.335 e. The maximum absolute atomic E-state index is 14.3. The van der Waals surface area contributed by atoms with E-state index in [1.165, 1.54) is 23.5 Å². The molecule has 6 rings (SSSR count). The van der Waals surface area contributed by atoms with Crippen molar-refractivity contribution in [2.75, 3.05) is 13.1 Å². The number of carboxylic acids is 1. The first-order chi connectivity index (χ1) is 20.9. The Morgan fingerprint density at radius 3 is 2.70 bits per heavy atom. The fraction of sp³-hybridized carbons (Fsp3) is 0.258. The molecule has 218 valence electrons. The molecule has 0 unspecified atom stereocenters.